The van der Waals surface area contributed by atoms with Gasteiger partial charge in [-0.15, -0.1) is 0 Å². The number of carbonyl (C=O) groups excluding carboxylic acids is 2. The fourth-order valence-corrected chi connectivity index (χ4v) is 5.06. The standard InChI is InChI=1S/C28H34N2O5/c1-18(2)25(14-26(31)30-15-19(16-30)8-7-13-27(32)33)29-28(34)35-17-24-22-11-5-3-9-20(22)21-10-4-6-12-23(21)24/h3-6,9-12,18-19,24-25H,7-8,13-17H2,1-2H3,(H,29,34)(H,32,33)/t25-/m0/s1. The number of carbonyl (C=O) groups is 3. The zero-order valence-electron chi connectivity index (χ0n) is 20.4. The third kappa shape index (κ3) is 5.84. The number of alkyl carbamates (subject to hydrolysis) is 1. The summed E-state index contributed by atoms with van der Waals surface area (Å²) in [5, 5.41) is 11.7. The molecule has 2 aromatic rings. The molecule has 4 rings (SSSR count). The van der Waals surface area contributed by atoms with Crippen LogP contribution in [0.1, 0.15) is 56.6 Å². The normalized spacial score (nSPS) is 15.8. The van der Waals surface area contributed by atoms with Crippen LogP contribution in [-0.4, -0.2) is 53.7 Å². The highest BCUT2D eigenvalue weighted by atomic mass is 16.5. The first-order chi connectivity index (χ1) is 16.8. The smallest absolute Gasteiger partial charge is 0.407 e. The molecule has 7 nitrogen and oxygen atoms in total. The van der Waals surface area contributed by atoms with E-state index in [1.165, 1.54) is 11.1 Å². The minimum Gasteiger partial charge on any atom is -0.481 e. The Hall–Kier alpha value is -3.35. The number of aliphatic carboxylic acids is 1. The Kier molecular flexibility index (Phi) is 7.73. The molecule has 0 unspecified atom stereocenters. The SMILES string of the molecule is CC(C)[C@H](CC(=O)N1CC(CCCC(=O)O)C1)NC(=O)OCC1c2ccccc2-c2ccccc21. The quantitative estimate of drug-likeness (QED) is 0.518. The van der Waals surface area contributed by atoms with Gasteiger partial charge in [0, 0.05) is 37.9 Å². The Morgan fingerprint density at radius 3 is 2.20 bits per heavy atom. The molecule has 0 radical (unpaired) electrons. The van der Waals surface area contributed by atoms with E-state index in [-0.39, 0.29) is 43.2 Å². The number of hydrogen-bond acceptors (Lipinski definition) is 4. The lowest BCUT2D eigenvalue weighted by atomic mass is 9.92. The number of carboxylic acid groups (broad SMARTS) is 1. The van der Waals surface area contributed by atoms with Gasteiger partial charge in [0.1, 0.15) is 6.61 Å². The summed E-state index contributed by atoms with van der Waals surface area (Å²) in [6.45, 7) is 5.52. The van der Waals surface area contributed by atoms with Crippen molar-refractivity contribution >= 4 is 18.0 Å². The molecule has 0 bridgehead atoms. The van der Waals surface area contributed by atoms with Gasteiger partial charge in [-0.2, -0.15) is 0 Å². The summed E-state index contributed by atoms with van der Waals surface area (Å²) in [7, 11) is 0. The van der Waals surface area contributed by atoms with Crippen molar-refractivity contribution in [2.45, 2.75) is 51.5 Å². The third-order valence-electron chi connectivity index (χ3n) is 7.16. The van der Waals surface area contributed by atoms with E-state index < -0.39 is 12.1 Å². The van der Waals surface area contributed by atoms with Crippen LogP contribution in [-0.2, 0) is 14.3 Å². The summed E-state index contributed by atoms with van der Waals surface area (Å²) in [4.78, 5) is 37.9. The van der Waals surface area contributed by atoms with E-state index in [0.29, 0.717) is 25.4 Å². The molecule has 1 aliphatic heterocycles. The second-order valence-electron chi connectivity index (χ2n) is 9.98. The Morgan fingerprint density at radius 2 is 1.63 bits per heavy atom. The largest absolute Gasteiger partial charge is 0.481 e. The molecule has 2 aliphatic rings. The highest BCUT2D eigenvalue weighted by molar-refractivity contribution is 5.80. The summed E-state index contributed by atoms with van der Waals surface area (Å²) < 4.78 is 5.66. The van der Waals surface area contributed by atoms with Gasteiger partial charge in [0.25, 0.3) is 0 Å². The van der Waals surface area contributed by atoms with E-state index in [0.717, 1.165) is 17.5 Å². The van der Waals surface area contributed by atoms with Crippen LogP contribution >= 0.6 is 0 Å². The molecule has 0 spiro atoms. The van der Waals surface area contributed by atoms with Crippen molar-refractivity contribution in [2.24, 2.45) is 11.8 Å². The molecular formula is C28H34N2O5. The molecule has 2 amide bonds. The second-order valence-corrected chi connectivity index (χ2v) is 9.98. The summed E-state index contributed by atoms with van der Waals surface area (Å²) in [5.74, 6) is -0.335. The van der Waals surface area contributed by atoms with Crippen LogP contribution in [0, 0.1) is 11.8 Å². The number of rotatable bonds is 10. The Balaban J connectivity index is 1.27. The number of nitrogens with one attached hydrogen (secondary N) is 1. The number of hydrogen-bond donors (Lipinski definition) is 2. The number of nitrogens with zero attached hydrogens (tertiary/aromatic N) is 1. The number of fused-ring (bicyclic) bond motifs is 3. The van der Waals surface area contributed by atoms with Crippen molar-refractivity contribution in [3.63, 3.8) is 0 Å². The van der Waals surface area contributed by atoms with Gasteiger partial charge in [0.2, 0.25) is 5.91 Å². The Morgan fingerprint density at radius 1 is 1.03 bits per heavy atom. The van der Waals surface area contributed by atoms with E-state index in [1.54, 1.807) is 4.90 Å². The van der Waals surface area contributed by atoms with Crippen LogP contribution in [0.25, 0.3) is 11.1 Å². The Labute approximate surface area is 206 Å². The summed E-state index contributed by atoms with van der Waals surface area (Å²) >= 11 is 0. The van der Waals surface area contributed by atoms with Gasteiger partial charge >= 0.3 is 12.1 Å². The number of carboxylic acids is 1. The molecule has 1 heterocycles. The van der Waals surface area contributed by atoms with E-state index in [2.05, 4.69) is 29.6 Å². The Bertz CT molecular complexity index is 1030. The minimum absolute atomic E-state index is 0.00794. The molecule has 7 heteroatoms. The van der Waals surface area contributed by atoms with E-state index >= 15 is 0 Å². The van der Waals surface area contributed by atoms with Crippen molar-refractivity contribution in [2.75, 3.05) is 19.7 Å². The topological polar surface area (TPSA) is 95.9 Å². The third-order valence-corrected chi connectivity index (χ3v) is 7.16. The van der Waals surface area contributed by atoms with Crippen LogP contribution in [0.3, 0.4) is 0 Å². The minimum atomic E-state index is -0.781. The van der Waals surface area contributed by atoms with E-state index in [4.69, 9.17) is 9.84 Å². The average molecular weight is 479 g/mol. The molecule has 35 heavy (non-hydrogen) atoms. The second kappa shape index (κ2) is 10.9. The first-order valence-corrected chi connectivity index (χ1v) is 12.4. The number of benzene rings is 2. The first kappa shape index (κ1) is 24.8. The van der Waals surface area contributed by atoms with Gasteiger partial charge in [-0.05, 0) is 46.9 Å². The zero-order chi connectivity index (χ0) is 24.9. The van der Waals surface area contributed by atoms with E-state index in [9.17, 15) is 14.4 Å². The maximum absolute atomic E-state index is 12.7. The van der Waals surface area contributed by atoms with Gasteiger partial charge in [-0.25, -0.2) is 4.79 Å². The zero-order valence-corrected chi connectivity index (χ0v) is 20.4. The number of amides is 2. The summed E-state index contributed by atoms with van der Waals surface area (Å²) in [5.41, 5.74) is 4.68. The van der Waals surface area contributed by atoms with Crippen molar-refractivity contribution in [3.05, 3.63) is 59.7 Å². The monoisotopic (exact) mass is 478 g/mol. The lowest BCUT2D eigenvalue weighted by molar-refractivity contribution is -0.140. The lowest BCUT2D eigenvalue weighted by Crippen LogP contribution is -2.52. The van der Waals surface area contributed by atoms with Crippen LogP contribution < -0.4 is 5.32 Å². The fourth-order valence-electron chi connectivity index (χ4n) is 5.06. The van der Waals surface area contributed by atoms with Crippen molar-refractivity contribution in [1.29, 1.82) is 0 Å². The predicted molar refractivity (Wildman–Crippen MR) is 133 cm³/mol. The van der Waals surface area contributed by atoms with Gasteiger partial charge in [-0.3, -0.25) is 9.59 Å². The molecule has 1 fully saturated rings. The number of likely N-dealkylation sites (tertiary alicyclic amines) is 1. The number of ether oxygens (including phenoxy) is 1. The summed E-state index contributed by atoms with van der Waals surface area (Å²) in [6.07, 6.45) is 1.35. The lowest BCUT2D eigenvalue weighted by Gasteiger charge is -2.40. The molecule has 0 saturated carbocycles. The maximum atomic E-state index is 12.7. The highest BCUT2D eigenvalue weighted by Gasteiger charge is 2.33. The molecule has 1 saturated heterocycles. The van der Waals surface area contributed by atoms with Gasteiger partial charge in [0.15, 0.2) is 0 Å². The highest BCUT2D eigenvalue weighted by Crippen LogP contribution is 2.44. The maximum Gasteiger partial charge on any atom is 0.407 e. The van der Waals surface area contributed by atoms with Gasteiger partial charge < -0.3 is 20.1 Å². The van der Waals surface area contributed by atoms with Gasteiger partial charge in [-0.1, -0.05) is 62.4 Å². The summed E-state index contributed by atoms with van der Waals surface area (Å²) in [6, 6.07) is 16.1. The fraction of sp³-hybridized carbons (Fsp3) is 0.464. The molecule has 1 atom stereocenters. The molecule has 186 valence electrons. The molecule has 0 aromatic heterocycles. The predicted octanol–water partition coefficient (Wildman–Crippen LogP) is 4.65. The first-order valence-electron chi connectivity index (χ1n) is 12.4. The van der Waals surface area contributed by atoms with Crippen LogP contribution in [0.5, 0.6) is 0 Å². The van der Waals surface area contributed by atoms with Crippen molar-refractivity contribution < 1.29 is 24.2 Å². The average Bonchev–Trinajstić information content (AvgIpc) is 3.12. The van der Waals surface area contributed by atoms with Crippen LogP contribution in [0.15, 0.2) is 48.5 Å². The molecule has 1 aliphatic carbocycles. The molecule has 2 aromatic carbocycles. The molecule has 2 N–H and O–H groups in total. The van der Waals surface area contributed by atoms with Crippen molar-refractivity contribution in [1.82, 2.24) is 10.2 Å². The van der Waals surface area contributed by atoms with Crippen molar-refractivity contribution in [3.8, 4) is 11.1 Å². The van der Waals surface area contributed by atoms with Crippen LogP contribution in [0.4, 0.5) is 4.79 Å². The van der Waals surface area contributed by atoms with Crippen LogP contribution in [0.2, 0.25) is 0 Å². The van der Waals surface area contributed by atoms with Gasteiger partial charge in [0.05, 0.1) is 0 Å². The molecular weight excluding hydrogens is 444 g/mol. The van der Waals surface area contributed by atoms with E-state index in [1.807, 2.05) is 38.1 Å².